The summed E-state index contributed by atoms with van der Waals surface area (Å²) in [6.07, 6.45) is 2.40. The Morgan fingerprint density at radius 1 is 1.36 bits per heavy atom. The maximum Gasteiger partial charge on any atom is 0.255 e. The van der Waals surface area contributed by atoms with Crippen LogP contribution in [0.3, 0.4) is 0 Å². The Bertz CT molecular complexity index is 636. The zero-order valence-corrected chi connectivity index (χ0v) is 12.2. The van der Waals surface area contributed by atoms with E-state index in [1.54, 1.807) is 4.90 Å². The van der Waals surface area contributed by atoms with E-state index in [0.29, 0.717) is 31.5 Å². The molecule has 2 amide bonds. The monoisotopic (exact) mass is 305 g/mol. The van der Waals surface area contributed by atoms with Crippen molar-refractivity contribution in [2.45, 2.75) is 25.4 Å². The number of aliphatic hydroxyl groups is 1. The van der Waals surface area contributed by atoms with E-state index in [4.69, 9.17) is 0 Å². The molecule has 3 rings (SSSR count). The van der Waals surface area contributed by atoms with E-state index in [1.807, 2.05) is 0 Å². The minimum absolute atomic E-state index is 0.176. The summed E-state index contributed by atoms with van der Waals surface area (Å²) < 4.78 is 0. The molecule has 2 aliphatic rings. The summed E-state index contributed by atoms with van der Waals surface area (Å²) in [5.74, 6) is -0.411. The van der Waals surface area contributed by atoms with Gasteiger partial charge in [0.1, 0.15) is 0 Å². The van der Waals surface area contributed by atoms with Crippen molar-refractivity contribution in [2.75, 3.05) is 19.6 Å². The molecule has 0 aliphatic carbocycles. The van der Waals surface area contributed by atoms with Crippen molar-refractivity contribution in [1.29, 1.82) is 0 Å². The SMILES string of the molecule is O=C(c1ccc(=O)[nH]c1)N1CC[C@H](O)[C@@]2(CCCNC2=O)C1. The molecule has 2 atom stereocenters. The molecule has 2 saturated heterocycles. The van der Waals surface area contributed by atoms with Gasteiger partial charge in [-0.25, -0.2) is 0 Å². The van der Waals surface area contributed by atoms with Crippen molar-refractivity contribution in [1.82, 2.24) is 15.2 Å². The van der Waals surface area contributed by atoms with Gasteiger partial charge in [0.05, 0.1) is 17.1 Å². The lowest BCUT2D eigenvalue weighted by molar-refractivity contribution is -0.147. The van der Waals surface area contributed by atoms with Gasteiger partial charge in [-0.1, -0.05) is 0 Å². The van der Waals surface area contributed by atoms with Gasteiger partial charge in [0.15, 0.2) is 0 Å². The van der Waals surface area contributed by atoms with Crippen molar-refractivity contribution >= 4 is 11.8 Å². The fraction of sp³-hybridized carbons (Fsp3) is 0.533. The highest BCUT2D eigenvalue weighted by Crippen LogP contribution is 2.37. The number of carbonyl (C=O) groups is 2. The quantitative estimate of drug-likeness (QED) is 0.649. The number of hydrogen-bond acceptors (Lipinski definition) is 4. The van der Waals surface area contributed by atoms with Crippen LogP contribution >= 0.6 is 0 Å². The lowest BCUT2D eigenvalue weighted by atomic mass is 9.71. The first kappa shape index (κ1) is 14.8. The number of nitrogens with zero attached hydrogens (tertiary/aromatic N) is 1. The topological polar surface area (TPSA) is 102 Å². The number of aliphatic hydroxyl groups excluding tert-OH is 1. The second-order valence-corrected chi connectivity index (χ2v) is 5.99. The summed E-state index contributed by atoms with van der Waals surface area (Å²) in [5.41, 5.74) is -0.801. The Balaban J connectivity index is 1.83. The van der Waals surface area contributed by atoms with E-state index < -0.39 is 11.5 Å². The molecule has 22 heavy (non-hydrogen) atoms. The second kappa shape index (κ2) is 5.57. The van der Waals surface area contributed by atoms with Crippen molar-refractivity contribution in [3.05, 3.63) is 34.2 Å². The first-order valence-corrected chi connectivity index (χ1v) is 7.47. The number of carbonyl (C=O) groups excluding carboxylic acids is 2. The zero-order chi connectivity index (χ0) is 15.7. The average Bonchev–Trinajstić information content (AvgIpc) is 2.53. The van der Waals surface area contributed by atoms with Crippen LogP contribution in [0.4, 0.5) is 0 Å². The Hall–Kier alpha value is -2.15. The fourth-order valence-corrected chi connectivity index (χ4v) is 3.34. The summed E-state index contributed by atoms with van der Waals surface area (Å²) in [4.78, 5) is 40.0. The lowest BCUT2D eigenvalue weighted by Crippen LogP contribution is -2.62. The highest BCUT2D eigenvalue weighted by atomic mass is 16.3. The lowest BCUT2D eigenvalue weighted by Gasteiger charge is -2.46. The van der Waals surface area contributed by atoms with Crippen LogP contribution in [0, 0.1) is 5.41 Å². The molecule has 0 saturated carbocycles. The van der Waals surface area contributed by atoms with Gasteiger partial charge < -0.3 is 20.3 Å². The fourth-order valence-electron chi connectivity index (χ4n) is 3.34. The largest absolute Gasteiger partial charge is 0.392 e. The second-order valence-electron chi connectivity index (χ2n) is 5.99. The molecule has 1 aromatic heterocycles. The summed E-state index contributed by atoms with van der Waals surface area (Å²) in [7, 11) is 0. The highest BCUT2D eigenvalue weighted by molar-refractivity contribution is 5.95. The van der Waals surface area contributed by atoms with Gasteiger partial charge in [0.2, 0.25) is 11.5 Å². The van der Waals surface area contributed by atoms with Crippen molar-refractivity contribution in [3.8, 4) is 0 Å². The molecular formula is C15H19N3O4. The molecule has 0 radical (unpaired) electrons. The Morgan fingerprint density at radius 2 is 2.18 bits per heavy atom. The number of nitrogens with one attached hydrogen (secondary N) is 2. The van der Waals surface area contributed by atoms with Crippen molar-refractivity contribution in [2.24, 2.45) is 5.41 Å². The van der Waals surface area contributed by atoms with Gasteiger partial charge in [-0.2, -0.15) is 0 Å². The number of aromatic amines is 1. The van der Waals surface area contributed by atoms with Gasteiger partial charge in [-0.05, 0) is 25.3 Å². The smallest absolute Gasteiger partial charge is 0.255 e. The minimum atomic E-state index is -0.908. The maximum absolute atomic E-state index is 12.5. The van der Waals surface area contributed by atoms with Crippen LogP contribution in [0.1, 0.15) is 29.6 Å². The van der Waals surface area contributed by atoms with Gasteiger partial charge in [-0.3, -0.25) is 14.4 Å². The number of pyridine rings is 1. The molecule has 1 aromatic rings. The van der Waals surface area contributed by atoms with Crippen LogP contribution in [0.15, 0.2) is 23.1 Å². The predicted octanol–water partition coefficient (Wildman–Crippen LogP) is -0.522. The van der Waals surface area contributed by atoms with E-state index in [-0.39, 0.29) is 23.9 Å². The molecule has 7 heteroatoms. The van der Waals surface area contributed by atoms with Gasteiger partial charge in [-0.15, -0.1) is 0 Å². The van der Waals surface area contributed by atoms with Crippen LogP contribution in [-0.2, 0) is 4.79 Å². The molecule has 7 nitrogen and oxygen atoms in total. The molecule has 1 spiro atoms. The normalized spacial score (nSPS) is 28.5. The number of aromatic nitrogens is 1. The molecule has 0 bridgehead atoms. The number of H-pyrrole nitrogens is 1. The maximum atomic E-state index is 12.5. The number of rotatable bonds is 1. The van der Waals surface area contributed by atoms with Crippen LogP contribution in [0.25, 0.3) is 0 Å². The van der Waals surface area contributed by atoms with E-state index in [2.05, 4.69) is 10.3 Å². The summed E-state index contributed by atoms with van der Waals surface area (Å²) in [6.45, 7) is 1.22. The third-order valence-corrected chi connectivity index (χ3v) is 4.64. The number of likely N-dealkylation sites (tertiary alicyclic amines) is 1. The molecule has 3 heterocycles. The molecular weight excluding hydrogens is 286 g/mol. The van der Waals surface area contributed by atoms with Gasteiger partial charge in [0.25, 0.3) is 5.91 Å². The van der Waals surface area contributed by atoms with Gasteiger partial charge >= 0.3 is 0 Å². The van der Waals surface area contributed by atoms with Crippen LogP contribution in [0.5, 0.6) is 0 Å². The predicted molar refractivity (Wildman–Crippen MR) is 78.3 cm³/mol. The molecule has 3 N–H and O–H groups in total. The average molecular weight is 305 g/mol. The van der Waals surface area contributed by atoms with E-state index in [1.165, 1.54) is 18.3 Å². The third kappa shape index (κ3) is 2.41. The first-order chi connectivity index (χ1) is 10.5. The van der Waals surface area contributed by atoms with Crippen LogP contribution < -0.4 is 10.9 Å². The van der Waals surface area contributed by atoms with Gasteiger partial charge in [0, 0.05) is 31.9 Å². The van der Waals surface area contributed by atoms with Crippen LogP contribution in [-0.4, -0.2) is 52.5 Å². The summed E-state index contributed by atoms with van der Waals surface area (Å²) in [6, 6.07) is 2.77. The highest BCUT2D eigenvalue weighted by Gasteiger charge is 2.50. The molecule has 0 unspecified atom stereocenters. The molecule has 2 fully saturated rings. The Morgan fingerprint density at radius 3 is 2.86 bits per heavy atom. The zero-order valence-electron chi connectivity index (χ0n) is 12.2. The number of piperidine rings is 2. The van der Waals surface area contributed by atoms with Crippen molar-refractivity contribution in [3.63, 3.8) is 0 Å². The molecule has 118 valence electrons. The summed E-state index contributed by atoms with van der Waals surface area (Å²) >= 11 is 0. The minimum Gasteiger partial charge on any atom is -0.392 e. The third-order valence-electron chi connectivity index (χ3n) is 4.64. The molecule has 0 aromatic carbocycles. The van der Waals surface area contributed by atoms with Crippen molar-refractivity contribution < 1.29 is 14.7 Å². The molecule has 2 aliphatic heterocycles. The Kier molecular flexibility index (Phi) is 3.74. The number of amides is 2. The van der Waals surface area contributed by atoms with Crippen LogP contribution in [0.2, 0.25) is 0 Å². The number of hydrogen-bond donors (Lipinski definition) is 3. The first-order valence-electron chi connectivity index (χ1n) is 7.47. The van der Waals surface area contributed by atoms with E-state index in [9.17, 15) is 19.5 Å². The summed E-state index contributed by atoms with van der Waals surface area (Å²) in [5, 5.41) is 13.1. The standard InChI is InChI=1S/C15H19N3O4/c19-11-4-7-18(9-15(11)5-1-6-16-14(15)22)13(21)10-2-3-12(20)17-8-10/h2-3,8,11,19H,1,4-7,9H2,(H,16,22)(H,17,20)/t11-,15+/m0/s1. The van der Waals surface area contributed by atoms with E-state index >= 15 is 0 Å². The van der Waals surface area contributed by atoms with E-state index in [0.717, 1.165) is 6.42 Å². The Labute approximate surface area is 127 Å².